The normalized spacial score (nSPS) is 11.1. The van der Waals surface area contributed by atoms with Crippen molar-refractivity contribution in [2.45, 2.75) is 19.9 Å². The van der Waals surface area contributed by atoms with Gasteiger partial charge in [-0.05, 0) is 38.1 Å². The Morgan fingerprint density at radius 3 is 2.90 bits per heavy atom. The van der Waals surface area contributed by atoms with Gasteiger partial charge in [-0.3, -0.25) is 0 Å². The second kappa shape index (κ2) is 5.43. The van der Waals surface area contributed by atoms with Crippen molar-refractivity contribution < 1.29 is 0 Å². The summed E-state index contributed by atoms with van der Waals surface area (Å²) in [5.74, 6) is 0.968. The molecule has 20 heavy (non-hydrogen) atoms. The molecule has 0 aliphatic carbocycles. The standard InChI is InChI=1S/C16H18N4/c1-12-5-2-6-13(11-12)15-19-14-7-3-9-18-16(14)20(15)10-4-8-17/h2-3,5-7,9,11H,4,8,10,17H2,1H3. The Kier molecular flexibility index (Phi) is 3.48. The average Bonchev–Trinajstić information content (AvgIpc) is 2.84. The van der Waals surface area contributed by atoms with Gasteiger partial charge in [0.25, 0.3) is 0 Å². The van der Waals surface area contributed by atoms with Crippen LogP contribution < -0.4 is 5.73 Å². The van der Waals surface area contributed by atoms with Crippen LogP contribution in [0.3, 0.4) is 0 Å². The van der Waals surface area contributed by atoms with E-state index in [2.05, 4.69) is 40.7 Å². The van der Waals surface area contributed by atoms with E-state index < -0.39 is 0 Å². The van der Waals surface area contributed by atoms with Crippen LogP contribution >= 0.6 is 0 Å². The molecule has 0 spiro atoms. The zero-order chi connectivity index (χ0) is 13.9. The summed E-state index contributed by atoms with van der Waals surface area (Å²) in [6, 6.07) is 12.3. The molecule has 0 radical (unpaired) electrons. The first-order valence-electron chi connectivity index (χ1n) is 6.88. The Morgan fingerprint density at radius 2 is 2.10 bits per heavy atom. The molecule has 4 nitrogen and oxygen atoms in total. The number of hydrogen-bond donors (Lipinski definition) is 1. The van der Waals surface area contributed by atoms with Crippen LogP contribution in [0.4, 0.5) is 0 Å². The second-order valence-electron chi connectivity index (χ2n) is 4.94. The number of fused-ring (bicyclic) bond motifs is 1. The van der Waals surface area contributed by atoms with Gasteiger partial charge in [-0.15, -0.1) is 0 Å². The highest BCUT2D eigenvalue weighted by Crippen LogP contribution is 2.24. The monoisotopic (exact) mass is 266 g/mol. The fourth-order valence-electron chi connectivity index (χ4n) is 2.42. The van der Waals surface area contributed by atoms with Crippen molar-refractivity contribution in [2.75, 3.05) is 6.54 Å². The van der Waals surface area contributed by atoms with Crippen molar-refractivity contribution in [1.29, 1.82) is 0 Å². The molecule has 0 fully saturated rings. The quantitative estimate of drug-likeness (QED) is 0.790. The minimum Gasteiger partial charge on any atom is -0.330 e. The van der Waals surface area contributed by atoms with Crippen LogP contribution in [0.15, 0.2) is 42.6 Å². The van der Waals surface area contributed by atoms with Gasteiger partial charge in [0, 0.05) is 18.3 Å². The number of pyridine rings is 1. The van der Waals surface area contributed by atoms with Crippen molar-refractivity contribution in [3.05, 3.63) is 48.2 Å². The summed E-state index contributed by atoms with van der Waals surface area (Å²) >= 11 is 0. The molecule has 102 valence electrons. The molecule has 4 heteroatoms. The van der Waals surface area contributed by atoms with E-state index >= 15 is 0 Å². The van der Waals surface area contributed by atoms with Gasteiger partial charge in [0.1, 0.15) is 11.3 Å². The highest BCUT2D eigenvalue weighted by molar-refractivity contribution is 5.77. The largest absolute Gasteiger partial charge is 0.330 e. The van der Waals surface area contributed by atoms with Crippen LogP contribution in [0.2, 0.25) is 0 Å². The van der Waals surface area contributed by atoms with E-state index in [1.54, 1.807) is 0 Å². The maximum atomic E-state index is 5.65. The van der Waals surface area contributed by atoms with E-state index in [1.807, 2.05) is 18.3 Å². The van der Waals surface area contributed by atoms with Crippen LogP contribution in [-0.4, -0.2) is 21.1 Å². The first kappa shape index (κ1) is 12.8. The summed E-state index contributed by atoms with van der Waals surface area (Å²) < 4.78 is 2.16. The first-order valence-corrected chi connectivity index (χ1v) is 6.88. The summed E-state index contributed by atoms with van der Waals surface area (Å²) in [6.07, 6.45) is 2.73. The molecule has 0 unspecified atom stereocenters. The van der Waals surface area contributed by atoms with E-state index in [0.29, 0.717) is 6.54 Å². The van der Waals surface area contributed by atoms with E-state index in [9.17, 15) is 0 Å². The van der Waals surface area contributed by atoms with Crippen LogP contribution in [-0.2, 0) is 6.54 Å². The van der Waals surface area contributed by atoms with Gasteiger partial charge < -0.3 is 10.3 Å². The lowest BCUT2D eigenvalue weighted by Crippen LogP contribution is -2.07. The Bertz CT molecular complexity index is 730. The minimum atomic E-state index is 0.666. The van der Waals surface area contributed by atoms with Gasteiger partial charge in [-0.25, -0.2) is 9.97 Å². The molecule has 2 aromatic heterocycles. The van der Waals surface area contributed by atoms with Crippen LogP contribution in [0.5, 0.6) is 0 Å². The van der Waals surface area contributed by atoms with Crippen molar-refractivity contribution in [1.82, 2.24) is 14.5 Å². The number of aryl methyl sites for hydroxylation is 2. The number of imidazole rings is 1. The smallest absolute Gasteiger partial charge is 0.160 e. The third kappa shape index (κ3) is 2.30. The van der Waals surface area contributed by atoms with Crippen molar-refractivity contribution in [3.8, 4) is 11.4 Å². The maximum Gasteiger partial charge on any atom is 0.160 e. The molecule has 0 bridgehead atoms. The molecule has 0 amide bonds. The SMILES string of the molecule is Cc1cccc(-c2nc3cccnc3n2CCCN)c1. The van der Waals surface area contributed by atoms with Gasteiger partial charge >= 0.3 is 0 Å². The number of benzene rings is 1. The summed E-state index contributed by atoms with van der Waals surface area (Å²) in [4.78, 5) is 9.20. The van der Waals surface area contributed by atoms with Gasteiger partial charge in [0.2, 0.25) is 0 Å². The molecule has 0 aliphatic rings. The number of hydrogen-bond acceptors (Lipinski definition) is 3. The van der Waals surface area contributed by atoms with Gasteiger partial charge in [0.15, 0.2) is 5.65 Å². The number of aromatic nitrogens is 3. The molecular weight excluding hydrogens is 248 g/mol. The molecule has 2 heterocycles. The molecule has 0 aliphatic heterocycles. The minimum absolute atomic E-state index is 0.666. The molecule has 2 N–H and O–H groups in total. The van der Waals surface area contributed by atoms with Crippen LogP contribution in [0.1, 0.15) is 12.0 Å². The third-order valence-corrected chi connectivity index (χ3v) is 3.37. The zero-order valence-electron chi connectivity index (χ0n) is 11.6. The fourth-order valence-corrected chi connectivity index (χ4v) is 2.42. The first-order chi connectivity index (χ1) is 9.79. The summed E-state index contributed by atoms with van der Waals surface area (Å²) in [5.41, 5.74) is 9.86. The van der Waals surface area contributed by atoms with Gasteiger partial charge in [-0.2, -0.15) is 0 Å². The third-order valence-electron chi connectivity index (χ3n) is 3.37. The van der Waals surface area contributed by atoms with Crippen LogP contribution in [0.25, 0.3) is 22.6 Å². The second-order valence-corrected chi connectivity index (χ2v) is 4.94. The Labute approximate surface area is 118 Å². The molecule has 0 atom stereocenters. The van der Waals surface area contributed by atoms with E-state index in [1.165, 1.54) is 5.56 Å². The highest BCUT2D eigenvalue weighted by atomic mass is 15.1. The molecule has 0 saturated carbocycles. The Hall–Kier alpha value is -2.20. The van der Waals surface area contributed by atoms with Crippen molar-refractivity contribution in [2.24, 2.45) is 5.73 Å². The summed E-state index contributed by atoms with van der Waals surface area (Å²) in [6.45, 7) is 3.60. The Morgan fingerprint density at radius 1 is 1.20 bits per heavy atom. The average molecular weight is 266 g/mol. The lowest BCUT2D eigenvalue weighted by molar-refractivity contribution is 0.667. The zero-order valence-corrected chi connectivity index (χ0v) is 11.6. The fraction of sp³-hybridized carbons (Fsp3) is 0.250. The summed E-state index contributed by atoms with van der Waals surface area (Å²) in [5, 5.41) is 0. The van der Waals surface area contributed by atoms with Crippen molar-refractivity contribution in [3.63, 3.8) is 0 Å². The predicted octanol–water partition coefficient (Wildman–Crippen LogP) is 2.76. The van der Waals surface area contributed by atoms with Crippen molar-refractivity contribution >= 4 is 11.2 Å². The lowest BCUT2D eigenvalue weighted by Gasteiger charge is -2.08. The van der Waals surface area contributed by atoms with Gasteiger partial charge in [-0.1, -0.05) is 23.8 Å². The Balaban J connectivity index is 2.18. The summed E-state index contributed by atoms with van der Waals surface area (Å²) in [7, 11) is 0. The van der Waals surface area contributed by atoms with E-state index in [4.69, 9.17) is 10.7 Å². The maximum absolute atomic E-state index is 5.65. The van der Waals surface area contributed by atoms with Gasteiger partial charge in [0.05, 0.1) is 0 Å². The van der Waals surface area contributed by atoms with E-state index in [-0.39, 0.29) is 0 Å². The van der Waals surface area contributed by atoms with E-state index in [0.717, 1.165) is 35.5 Å². The number of nitrogens with zero attached hydrogens (tertiary/aromatic N) is 3. The molecule has 0 saturated heterocycles. The molecule has 3 aromatic rings. The predicted molar refractivity (Wildman–Crippen MR) is 81.4 cm³/mol. The molecule has 3 rings (SSSR count). The number of rotatable bonds is 4. The lowest BCUT2D eigenvalue weighted by atomic mass is 10.1. The molecular formula is C16H18N4. The molecule has 1 aromatic carbocycles. The number of nitrogens with two attached hydrogens (primary N) is 1. The topological polar surface area (TPSA) is 56.7 Å². The highest BCUT2D eigenvalue weighted by Gasteiger charge is 2.12. The van der Waals surface area contributed by atoms with Crippen LogP contribution in [0, 0.1) is 6.92 Å².